The average Bonchev–Trinajstić information content (AvgIpc) is 3.08. The van der Waals surface area contributed by atoms with Gasteiger partial charge >= 0.3 is 0 Å². The lowest BCUT2D eigenvalue weighted by molar-refractivity contribution is 0.0680. The second kappa shape index (κ2) is 6.65. The van der Waals surface area contributed by atoms with Crippen molar-refractivity contribution in [2.45, 2.75) is 19.4 Å². The molecule has 1 amide bonds. The first-order valence-electron chi connectivity index (χ1n) is 7.97. The molecule has 3 aromatic heterocycles. The minimum Gasteiger partial charge on any atom is -0.331 e. The molecule has 0 saturated carbocycles. The minimum atomic E-state index is -0.0464. The van der Waals surface area contributed by atoms with Crippen LogP contribution in [0.4, 0.5) is 0 Å². The number of halogens is 1. The Hall–Kier alpha value is -2.12. The maximum Gasteiger partial charge on any atom is 0.264 e. The van der Waals surface area contributed by atoms with Crippen molar-refractivity contribution in [1.82, 2.24) is 19.9 Å². The van der Waals surface area contributed by atoms with Gasteiger partial charge in [-0.25, -0.2) is 9.97 Å². The van der Waals surface area contributed by atoms with Gasteiger partial charge in [-0.05, 0) is 47.1 Å². The van der Waals surface area contributed by atoms with Crippen molar-refractivity contribution < 1.29 is 4.79 Å². The van der Waals surface area contributed by atoms with Crippen LogP contribution in [-0.2, 0) is 6.42 Å². The Balaban J connectivity index is 1.63. The molecule has 126 valence electrons. The molecule has 0 N–H and O–H groups in total. The van der Waals surface area contributed by atoms with Gasteiger partial charge in [0.15, 0.2) is 5.82 Å². The van der Waals surface area contributed by atoms with Crippen molar-refractivity contribution in [2.24, 2.45) is 0 Å². The summed E-state index contributed by atoms with van der Waals surface area (Å²) in [5, 5.41) is 0. The van der Waals surface area contributed by atoms with E-state index in [-0.39, 0.29) is 11.9 Å². The third kappa shape index (κ3) is 3.09. The van der Waals surface area contributed by atoms with Crippen molar-refractivity contribution >= 4 is 33.2 Å². The molecule has 0 radical (unpaired) electrons. The molecular formula is C18H15BrN4OS. The first-order chi connectivity index (χ1) is 12.1. The van der Waals surface area contributed by atoms with Gasteiger partial charge in [-0.2, -0.15) is 0 Å². The van der Waals surface area contributed by atoms with E-state index in [4.69, 9.17) is 0 Å². The molecule has 4 heterocycles. The molecule has 1 unspecified atom stereocenters. The van der Waals surface area contributed by atoms with Gasteiger partial charge in [0, 0.05) is 30.9 Å². The zero-order chi connectivity index (χ0) is 17.4. The predicted octanol–water partition coefficient (Wildman–Crippen LogP) is 4.12. The molecule has 4 rings (SSSR count). The highest BCUT2D eigenvalue weighted by Crippen LogP contribution is 2.32. The van der Waals surface area contributed by atoms with E-state index in [1.54, 1.807) is 6.20 Å². The number of hydrogen-bond donors (Lipinski definition) is 0. The van der Waals surface area contributed by atoms with Crippen LogP contribution in [0.1, 0.15) is 33.9 Å². The lowest BCUT2D eigenvalue weighted by atomic mass is 9.99. The fraction of sp³-hybridized carbons (Fsp3) is 0.222. The van der Waals surface area contributed by atoms with E-state index in [9.17, 15) is 4.79 Å². The number of rotatable bonds is 2. The normalized spacial score (nSPS) is 16.6. The minimum absolute atomic E-state index is 0.0464. The Morgan fingerprint density at radius 1 is 1.28 bits per heavy atom. The van der Waals surface area contributed by atoms with Gasteiger partial charge in [-0.3, -0.25) is 9.78 Å². The van der Waals surface area contributed by atoms with Crippen LogP contribution in [0, 0.1) is 0 Å². The second-order valence-electron chi connectivity index (χ2n) is 5.84. The number of carbonyl (C=O) groups is 1. The standard InChI is InChI=1S/C18H15BrN4OS/c1-11-12-10-21-17(14-4-2-3-8-20-14)22-13(12)7-9-23(11)18(24)15-5-6-16(19)25-15/h2-6,8,10-11H,7,9H2,1H3. The molecule has 0 bridgehead atoms. The Labute approximate surface area is 157 Å². The van der Waals surface area contributed by atoms with Crippen LogP contribution in [0.3, 0.4) is 0 Å². The lowest BCUT2D eigenvalue weighted by Gasteiger charge is -2.34. The zero-order valence-corrected chi connectivity index (χ0v) is 15.9. The number of aromatic nitrogens is 3. The van der Waals surface area contributed by atoms with Crippen molar-refractivity contribution in [3.63, 3.8) is 0 Å². The van der Waals surface area contributed by atoms with Crippen LogP contribution in [0.5, 0.6) is 0 Å². The van der Waals surface area contributed by atoms with Crippen LogP contribution in [0.2, 0.25) is 0 Å². The highest BCUT2D eigenvalue weighted by atomic mass is 79.9. The summed E-state index contributed by atoms with van der Waals surface area (Å²) in [5.74, 6) is 0.691. The largest absolute Gasteiger partial charge is 0.331 e. The van der Waals surface area contributed by atoms with Crippen molar-refractivity contribution in [2.75, 3.05) is 6.54 Å². The van der Waals surface area contributed by atoms with Crippen LogP contribution >= 0.6 is 27.3 Å². The summed E-state index contributed by atoms with van der Waals surface area (Å²) in [6, 6.07) is 9.42. The van der Waals surface area contributed by atoms with E-state index in [1.807, 2.05) is 48.4 Å². The first-order valence-corrected chi connectivity index (χ1v) is 9.58. The first kappa shape index (κ1) is 16.4. The van der Waals surface area contributed by atoms with Gasteiger partial charge < -0.3 is 4.90 Å². The van der Waals surface area contributed by atoms with E-state index >= 15 is 0 Å². The maximum absolute atomic E-state index is 12.8. The third-order valence-electron chi connectivity index (χ3n) is 4.35. The molecule has 1 aliphatic heterocycles. The summed E-state index contributed by atoms with van der Waals surface area (Å²) >= 11 is 4.88. The fourth-order valence-corrected chi connectivity index (χ4v) is 4.37. The number of carbonyl (C=O) groups excluding carboxylic acids is 1. The van der Waals surface area contributed by atoms with Gasteiger partial charge in [0.2, 0.25) is 0 Å². The smallest absolute Gasteiger partial charge is 0.264 e. The maximum atomic E-state index is 12.8. The molecule has 0 aromatic carbocycles. The van der Waals surface area contributed by atoms with Crippen LogP contribution in [0.15, 0.2) is 46.5 Å². The van der Waals surface area contributed by atoms with Crippen molar-refractivity contribution in [3.05, 3.63) is 62.6 Å². The summed E-state index contributed by atoms with van der Waals surface area (Å²) in [4.78, 5) is 28.9. The van der Waals surface area contributed by atoms with Crippen LogP contribution < -0.4 is 0 Å². The Bertz CT molecular complexity index is 928. The molecule has 0 aliphatic carbocycles. The summed E-state index contributed by atoms with van der Waals surface area (Å²) in [6.45, 7) is 2.68. The summed E-state index contributed by atoms with van der Waals surface area (Å²) in [6.07, 6.45) is 4.29. The Morgan fingerprint density at radius 3 is 2.88 bits per heavy atom. The van der Waals surface area contributed by atoms with E-state index in [1.165, 1.54) is 11.3 Å². The second-order valence-corrected chi connectivity index (χ2v) is 8.30. The quantitative estimate of drug-likeness (QED) is 0.632. The van der Waals surface area contributed by atoms with Crippen molar-refractivity contribution in [1.29, 1.82) is 0 Å². The van der Waals surface area contributed by atoms with Gasteiger partial charge in [0.05, 0.1) is 20.4 Å². The van der Waals surface area contributed by atoms with E-state index in [0.717, 1.165) is 32.0 Å². The number of pyridine rings is 1. The zero-order valence-electron chi connectivity index (χ0n) is 13.5. The van der Waals surface area contributed by atoms with Crippen LogP contribution in [0.25, 0.3) is 11.5 Å². The molecule has 0 fully saturated rings. The molecule has 7 heteroatoms. The summed E-state index contributed by atoms with van der Waals surface area (Å²) in [7, 11) is 0. The highest BCUT2D eigenvalue weighted by molar-refractivity contribution is 9.11. The molecule has 5 nitrogen and oxygen atoms in total. The SMILES string of the molecule is CC1c2cnc(-c3ccccn3)nc2CCN1C(=O)c1ccc(Br)s1. The van der Waals surface area contributed by atoms with E-state index < -0.39 is 0 Å². The molecule has 1 aliphatic rings. The van der Waals surface area contributed by atoms with Gasteiger partial charge in [0.25, 0.3) is 5.91 Å². The fourth-order valence-electron chi connectivity index (χ4n) is 3.03. The number of amides is 1. The average molecular weight is 415 g/mol. The van der Waals surface area contributed by atoms with E-state index in [2.05, 4.69) is 30.9 Å². The monoisotopic (exact) mass is 414 g/mol. The Kier molecular flexibility index (Phi) is 4.35. The summed E-state index contributed by atoms with van der Waals surface area (Å²) in [5.41, 5.74) is 2.77. The molecule has 0 saturated heterocycles. The molecule has 1 atom stereocenters. The molecule has 0 spiro atoms. The van der Waals surface area contributed by atoms with Gasteiger partial charge in [-0.15, -0.1) is 11.3 Å². The van der Waals surface area contributed by atoms with E-state index in [0.29, 0.717) is 12.4 Å². The van der Waals surface area contributed by atoms with Gasteiger partial charge in [0.1, 0.15) is 5.69 Å². The highest BCUT2D eigenvalue weighted by Gasteiger charge is 2.30. The van der Waals surface area contributed by atoms with Gasteiger partial charge in [-0.1, -0.05) is 6.07 Å². The lowest BCUT2D eigenvalue weighted by Crippen LogP contribution is -2.39. The topological polar surface area (TPSA) is 59.0 Å². The molecule has 25 heavy (non-hydrogen) atoms. The molecule has 3 aromatic rings. The third-order valence-corrected chi connectivity index (χ3v) is 5.96. The molecular weight excluding hydrogens is 400 g/mol. The predicted molar refractivity (Wildman–Crippen MR) is 100 cm³/mol. The number of thiophene rings is 1. The number of fused-ring (bicyclic) bond motifs is 1. The number of hydrogen-bond acceptors (Lipinski definition) is 5. The van der Waals surface area contributed by atoms with Crippen molar-refractivity contribution in [3.8, 4) is 11.5 Å². The number of nitrogens with zero attached hydrogens (tertiary/aromatic N) is 4. The van der Waals surface area contributed by atoms with Crippen LogP contribution in [-0.4, -0.2) is 32.3 Å². The summed E-state index contributed by atoms with van der Waals surface area (Å²) < 4.78 is 0.962. The Morgan fingerprint density at radius 2 is 2.16 bits per heavy atom.